The molecule has 4 saturated carbocycles. The first-order valence-electron chi connectivity index (χ1n) is 10.6. The van der Waals surface area contributed by atoms with Crippen LogP contribution in [0.1, 0.15) is 85.5 Å². The third kappa shape index (κ3) is 2.52. The predicted molar refractivity (Wildman–Crippen MR) is 98.0 cm³/mol. The molecular weight excluding hydrogens is 278 g/mol. The monoisotopic (exact) mass is 317 g/mol. The highest BCUT2D eigenvalue weighted by Gasteiger charge is 2.57. The summed E-state index contributed by atoms with van der Waals surface area (Å²) in [5.74, 6) is 6.01. The Morgan fingerprint density at radius 1 is 0.826 bits per heavy atom. The fourth-order valence-electron chi connectivity index (χ4n) is 8.21. The molecule has 0 aromatic heterocycles. The normalized spacial score (nSPS) is 53.1. The second-order valence-electron chi connectivity index (χ2n) is 10.9. The molecule has 4 aliphatic carbocycles. The molecule has 4 fully saturated rings. The Kier molecular flexibility index (Phi) is 3.91. The summed E-state index contributed by atoms with van der Waals surface area (Å²) in [7, 11) is 0. The van der Waals surface area contributed by atoms with Gasteiger partial charge in [0.1, 0.15) is 0 Å². The molecule has 0 amide bonds. The summed E-state index contributed by atoms with van der Waals surface area (Å²) in [4.78, 5) is 0. The van der Waals surface area contributed by atoms with Crippen molar-refractivity contribution in [1.82, 2.24) is 0 Å². The molecule has 0 aromatic rings. The Labute approximate surface area is 144 Å². The Hall–Kier alpha value is -0.0400. The molecule has 4 rings (SSSR count). The first-order valence-corrected chi connectivity index (χ1v) is 10.6. The molecule has 1 nitrogen and oxygen atoms in total. The average Bonchev–Trinajstić information content (AvgIpc) is 2.83. The van der Waals surface area contributed by atoms with Crippen molar-refractivity contribution < 1.29 is 0 Å². The lowest BCUT2D eigenvalue weighted by Gasteiger charge is -2.57. The molecule has 0 aliphatic heterocycles. The SMILES string of the molecule is C[C@H](N)C1CC[C@H]2[C@@H]3CC[C@@H]4CC(C)(C)CC[C@@H]4[C@H]3CC[C@]12C. The van der Waals surface area contributed by atoms with E-state index in [0.29, 0.717) is 16.9 Å². The van der Waals surface area contributed by atoms with Gasteiger partial charge in [-0.1, -0.05) is 20.8 Å². The van der Waals surface area contributed by atoms with Crippen molar-refractivity contribution in [2.45, 2.75) is 91.5 Å². The summed E-state index contributed by atoms with van der Waals surface area (Å²) >= 11 is 0. The first-order chi connectivity index (χ1) is 10.8. The zero-order valence-corrected chi connectivity index (χ0v) is 16.0. The lowest BCUT2D eigenvalue weighted by Crippen LogP contribution is -2.50. The van der Waals surface area contributed by atoms with Crippen LogP contribution in [0, 0.1) is 46.3 Å². The highest BCUT2D eigenvalue weighted by molar-refractivity contribution is 5.07. The fraction of sp³-hybridized carbons (Fsp3) is 1.00. The maximum absolute atomic E-state index is 6.39. The second-order valence-corrected chi connectivity index (χ2v) is 10.9. The number of hydrogen-bond donors (Lipinski definition) is 1. The standard InChI is InChI=1S/C22H39N/c1-14(23)19-7-8-20-18-6-5-15-13-21(2,3)11-9-16(15)17(18)10-12-22(19,20)4/h14-20H,5-13,23H2,1-4H3/t14-,15+,16-,17+,18+,19?,20-,22+/m0/s1. The molecule has 1 heteroatoms. The molecule has 132 valence electrons. The quantitative estimate of drug-likeness (QED) is 0.666. The number of rotatable bonds is 1. The minimum Gasteiger partial charge on any atom is -0.328 e. The van der Waals surface area contributed by atoms with E-state index in [1.165, 1.54) is 57.8 Å². The molecule has 2 N–H and O–H groups in total. The Balaban J connectivity index is 1.54. The largest absolute Gasteiger partial charge is 0.328 e. The van der Waals surface area contributed by atoms with Gasteiger partial charge in [-0.25, -0.2) is 0 Å². The van der Waals surface area contributed by atoms with E-state index >= 15 is 0 Å². The molecule has 0 bridgehead atoms. The van der Waals surface area contributed by atoms with E-state index in [4.69, 9.17) is 5.73 Å². The minimum atomic E-state index is 0.397. The third-order valence-corrected chi connectivity index (χ3v) is 9.20. The van der Waals surface area contributed by atoms with Crippen LogP contribution in [-0.4, -0.2) is 6.04 Å². The van der Waals surface area contributed by atoms with Gasteiger partial charge in [0.2, 0.25) is 0 Å². The van der Waals surface area contributed by atoms with Gasteiger partial charge in [0.15, 0.2) is 0 Å². The predicted octanol–water partition coefficient (Wildman–Crippen LogP) is 5.63. The highest BCUT2D eigenvalue weighted by Crippen LogP contribution is 2.65. The number of fused-ring (bicyclic) bond motifs is 5. The van der Waals surface area contributed by atoms with Gasteiger partial charge in [0.05, 0.1) is 0 Å². The topological polar surface area (TPSA) is 26.0 Å². The Bertz CT molecular complexity index is 453. The summed E-state index contributed by atoms with van der Waals surface area (Å²) in [5, 5.41) is 0. The van der Waals surface area contributed by atoms with Crippen LogP contribution in [-0.2, 0) is 0 Å². The summed E-state index contributed by atoms with van der Waals surface area (Å²) in [5.41, 5.74) is 7.58. The van der Waals surface area contributed by atoms with Gasteiger partial charge in [-0.3, -0.25) is 0 Å². The van der Waals surface area contributed by atoms with Crippen molar-refractivity contribution in [3.63, 3.8) is 0 Å². The van der Waals surface area contributed by atoms with Gasteiger partial charge in [-0.2, -0.15) is 0 Å². The third-order valence-electron chi connectivity index (χ3n) is 9.20. The lowest BCUT2D eigenvalue weighted by molar-refractivity contribution is -0.0774. The van der Waals surface area contributed by atoms with Crippen LogP contribution in [0.3, 0.4) is 0 Å². The van der Waals surface area contributed by atoms with Crippen LogP contribution in [0.25, 0.3) is 0 Å². The summed E-state index contributed by atoms with van der Waals surface area (Å²) in [6.07, 6.45) is 13.4. The van der Waals surface area contributed by atoms with Crippen molar-refractivity contribution in [3.05, 3.63) is 0 Å². The molecule has 23 heavy (non-hydrogen) atoms. The molecule has 4 aliphatic rings. The molecule has 1 unspecified atom stereocenters. The Morgan fingerprint density at radius 3 is 2.30 bits per heavy atom. The van der Waals surface area contributed by atoms with Crippen molar-refractivity contribution in [3.8, 4) is 0 Å². The molecule has 0 aromatic carbocycles. The maximum atomic E-state index is 6.39. The van der Waals surface area contributed by atoms with Crippen LogP contribution in [0.4, 0.5) is 0 Å². The van der Waals surface area contributed by atoms with Gasteiger partial charge in [0.25, 0.3) is 0 Å². The van der Waals surface area contributed by atoms with Crippen LogP contribution < -0.4 is 5.73 Å². The molecule has 0 spiro atoms. The summed E-state index contributed by atoms with van der Waals surface area (Å²) in [6, 6.07) is 0.397. The molecule has 0 heterocycles. The van der Waals surface area contributed by atoms with E-state index in [-0.39, 0.29) is 0 Å². The fourth-order valence-corrected chi connectivity index (χ4v) is 8.21. The van der Waals surface area contributed by atoms with Crippen molar-refractivity contribution in [1.29, 1.82) is 0 Å². The van der Waals surface area contributed by atoms with E-state index in [1.807, 2.05) is 0 Å². The van der Waals surface area contributed by atoms with Crippen LogP contribution in [0.2, 0.25) is 0 Å². The van der Waals surface area contributed by atoms with Crippen LogP contribution >= 0.6 is 0 Å². The maximum Gasteiger partial charge on any atom is 0.00440 e. The van der Waals surface area contributed by atoms with Crippen molar-refractivity contribution >= 4 is 0 Å². The van der Waals surface area contributed by atoms with Gasteiger partial charge < -0.3 is 5.73 Å². The van der Waals surface area contributed by atoms with Gasteiger partial charge in [-0.05, 0) is 111 Å². The van der Waals surface area contributed by atoms with Crippen LogP contribution in [0.15, 0.2) is 0 Å². The molecule has 8 atom stereocenters. The molecular formula is C22H39N. The minimum absolute atomic E-state index is 0.397. The molecule has 0 radical (unpaired) electrons. The van der Waals surface area contributed by atoms with Crippen molar-refractivity contribution in [2.24, 2.45) is 52.1 Å². The summed E-state index contributed by atoms with van der Waals surface area (Å²) in [6.45, 7) is 9.91. The number of nitrogens with two attached hydrogens (primary N) is 1. The van der Waals surface area contributed by atoms with E-state index in [0.717, 1.165) is 35.5 Å². The van der Waals surface area contributed by atoms with Gasteiger partial charge in [0, 0.05) is 6.04 Å². The first kappa shape index (κ1) is 16.4. The van der Waals surface area contributed by atoms with Gasteiger partial charge >= 0.3 is 0 Å². The Morgan fingerprint density at radius 2 is 1.57 bits per heavy atom. The summed E-state index contributed by atoms with van der Waals surface area (Å²) < 4.78 is 0. The zero-order valence-electron chi connectivity index (χ0n) is 16.0. The van der Waals surface area contributed by atoms with E-state index in [2.05, 4.69) is 27.7 Å². The van der Waals surface area contributed by atoms with Gasteiger partial charge in [-0.15, -0.1) is 0 Å². The smallest absolute Gasteiger partial charge is 0.00440 e. The van der Waals surface area contributed by atoms with E-state index in [9.17, 15) is 0 Å². The van der Waals surface area contributed by atoms with Crippen LogP contribution in [0.5, 0.6) is 0 Å². The average molecular weight is 318 g/mol. The zero-order chi connectivity index (χ0) is 16.4. The van der Waals surface area contributed by atoms with E-state index in [1.54, 1.807) is 0 Å². The lowest BCUT2D eigenvalue weighted by atomic mass is 9.48. The molecule has 0 saturated heterocycles. The van der Waals surface area contributed by atoms with Crippen molar-refractivity contribution in [2.75, 3.05) is 0 Å². The second kappa shape index (κ2) is 5.48. The number of hydrogen-bond acceptors (Lipinski definition) is 1. The highest BCUT2D eigenvalue weighted by atomic mass is 14.7. The van der Waals surface area contributed by atoms with E-state index < -0.39 is 0 Å².